The molecule has 78 valence electrons. The molecule has 0 aliphatic heterocycles. The van der Waals surface area contributed by atoms with Crippen molar-refractivity contribution in [2.24, 2.45) is 0 Å². The van der Waals surface area contributed by atoms with Gasteiger partial charge in [-0.2, -0.15) is 0 Å². The summed E-state index contributed by atoms with van der Waals surface area (Å²) < 4.78 is 4.72. The van der Waals surface area contributed by atoms with Crippen LogP contribution in [0.1, 0.15) is 13.8 Å². The molecule has 0 radical (unpaired) electrons. The predicted molar refractivity (Wildman–Crippen MR) is 47.2 cm³/mol. The quantitative estimate of drug-likeness (QED) is 0.463. The van der Waals surface area contributed by atoms with Gasteiger partial charge in [0.15, 0.2) is 0 Å². The first kappa shape index (κ1) is 12.3. The van der Waals surface area contributed by atoms with E-state index in [1.807, 2.05) is 0 Å². The molecule has 0 aliphatic rings. The molecule has 0 aliphatic carbocycles. The highest BCUT2D eigenvalue weighted by atomic mass is 16.5. The van der Waals surface area contributed by atoms with Gasteiger partial charge in [-0.15, -0.1) is 0 Å². The lowest BCUT2D eigenvalue weighted by Crippen LogP contribution is -2.40. The van der Waals surface area contributed by atoms with E-state index in [1.165, 1.54) is 0 Å². The third-order valence-electron chi connectivity index (χ3n) is 1.51. The summed E-state index contributed by atoms with van der Waals surface area (Å²) in [4.78, 5) is 11.0. The number of aliphatic hydroxyl groups is 2. The molecule has 0 saturated carbocycles. The van der Waals surface area contributed by atoms with E-state index >= 15 is 0 Å². The van der Waals surface area contributed by atoms with Crippen molar-refractivity contribution in [1.29, 1.82) is 0 Å². The van der Waals surface area contributed by atoms with Crippen molar-refractivity contribution in [3.8, 4) is 0 Å². The molecule has 5 heteroatoms. The number of carbonyl (C=O) groups is 1. The zero-order valence-electron chi connectivity index (χ0n) is 7.99. The van der Waals surface area contributed by atoms with Crippen LogP contribution in [0.3, 0.4) is 0 Å². The van der Waals surface area contributed by atoms with Crippen LogP contribution in [-0.4, -0.2) is 48.1 Å². The summed E-state index contributed by atoms with van der Waals surface area (Å²) in [5.41, 5.74) is 0. The van der Waals surface area contributed by atoms with Gasteiger partial charge in [0.05, 0.1) is 19.3 Å². The number of aliphatic hydroxyl groups excluding tert-OH is 2. The molecular formula is C8H17NO4. The SMILES string of the molecule is CCOC(=O)C(C)NC[C@H](O)CO. The minimum absolute atomic E-state index is 0.177. The van der Waals surface area contributed by atoms with Crippen molar-refractivity contribution in [3.63, 3.8) is 0 Å². The van der Waals surface area contributed by atoms with E-state index in [0.717, 1.165) is 0 Å². The summed E-state index contributed by atoms with van der Waals surface area (Å²) in [6.45, 7) is 3.57. The van der Waals surface area contributed by atoms with Crippen LogP contribution in [0.4, 0.5) is 0 Å². The van der Waals surface area contributed by atoms with Gasteiger partial charge in [0.25, 0.3) is 0 Å². The molecule has 1 unspecified atom stereocenters. The molecule has 0 saturated heterocycles. The molecule has 0 aromatic carbocycles. The number of hydrogen-bond acceptors (Lipinski definition) is 5. The Balaban J connectivity index is 3.60. The molecule has 3 N–H and O–H groups in total. The van der Waals surface area contributed by atoms with Gasteiger partial charge in [0.1, 0.15) is 6.04 Å². The Labute approximate surface area is 77.7 Å². The largest absolute Gasteiger partial charge is 0.465 e. The van der Waals surface area contributed by atoms with E-state index in [9.17, 15) is 4.79 Å². The predicted octanol–water partition coefficient (Wildman–Crippen LogP) is -1.12. The molecule has 0 aromatic rings. The van der Waals surface area contributed by atoms with Crippen LogP contribution in [0.25, 0.3) is 0 Å². The number of ether oxygens (including phenoxy) is 1. The number of rotatable bonds is 6. The number of nitrogens with one attached hydrogen (secondary N) is 1. The topological polar surface area (TPSA) is 78.8 Å². The Morgan fingerprint density at radius 1 is 1.62 bits per heavy atom. The lowest BCUT2D eigenvalue weighted by molar-refractivity contribution is -0.145. The molecule has 0 amide bonds. The van der Waals surface area contributed by atoms with Gasteiger partial charge in [-0.1, -0.05) is 0 Å². The molecular weight excluding hydrogens is 174 g/mol. The van der Waals surface area contributed by atoms with Crippen LogP contribution in [-0.2, 0) is 9.53 Å². The standard InChI is InChI=1S/C8H17NO4/c1-3-13-8(12)6(2)9-4-7(11)5-10/h6-7,9-11H,3-5H2,1-2H3/t6?,7-/m0/s1. The number of carbonyl (C=O) groups excluding carboxylic acids is 1. The first-order valence-corrected chi connectivity index (χ1v) is 4.30. The minimum Gasteiger partial charge on any atom is -0.465 e. The Bertz CT molecular complexity index is 151. The second-order valence-electron chi connectivity index (χ2n) is 2.72. The van der Waals surface area contributed by atoms with Crippen LogP contribution < -0.4 is 5.32 Å². The Kier molecular flexibility index (Phi) is 6.48. The fourth-order valence-corrected chi connectivity index (χ4v) is 0.728. The third-order valence-corrected chi connectivity index (χ3v) is 1.51. The number of esters is 1. The maximum atomic E-state index is 11.0. The molecule has 0 heterocycles. The minimum atomic E-state index is -0.836. The maximum Gasteiger partial charge on any atom is 0.322 e. The van der Waals surface area contributed by atoms with Crippen LogP contribution in [0.5, 0.6) is 0 Å². The summed E-state index contributed by atoms with van der Waals surface area (Å²) in [5.74, 6) is -0.354. The Morgan fingerprint density at radius 3 is 2.69 bits per heavy atom. The average Bonchev–Trinajstić information content (AvgIpc) is 2.13. The first-order chi connectivity index (χ1) is 6.11. The van der Waals surface area contributed by atoms with Crippen LogP contribution >= 0.6 is 0 Å². The van der Waals surface area contributed by atoms with E-state index < -0.39 is 12.1 Å². The van der Waals surface area contributed by atoms with Gasteiger partial charge in [-0.3, -0.25) is 4.79 Å². The molecule has 0 aromatic heterocycles. The highest BCUT2D eigenvalue weighted by Crippen LogP contribution is 1.88. The van der Waals surface area contributed by atoms with E-state index in [2.05, 4.69) is 5.32 Å². The molecule has 0 fully saturated rings. The molecule has 2 atom stereocenters. The van der Waals surface area contributed by atoms with Gasteiger partial charge in [-0.25, -0.2) is 0 Å². The van der Waals surface area contributed by atoms with Crippen LogP contribution in [0, 0.1) is 0 Å². The average molecular weight is 191 g/mol. The summed E-state index contributed by atoms with van der Waals surface area (Å²) in [6.07, 6.45) is -0.836. The molecule has 0 rings (SSSR count). The van der Waals surface area contributed by atoms with Crippen molar-refractivity contribution < 1.29 is 19.7 Å². The summed E-state index contributed by atoms with van der Waals surface area (Å²) in [7, 11) is 0. The Morgan fingerprint density at radius 2 is 2.23 bits per heavy atom. The zero-order chi connectivity index (χ0) is 10.3. The highest BCUT2D eigenvalue weighted by molar-refractivity contribution is 5.75. The van der Waals surface area contributed by atoms with Crippen molar-refractivity contribution in [2.45, 2.75) is 26.0 Å². The van der Waals surface area contributed by atoms with Gasteiger partial charge in [0, 0.05) is 6.54 Å². The smallest absolute Gasteiger partial charge is 0.322 e. The molecule has 5 nitrogen and oxygen atoms in total. The Hall–Kier alpha value is -0.650. The van der Waals surface area contributed by atoms with Gasteiger partial charge in [-0.05, 0) is 13.8 Å². The van der Waals surface area contributed by atoms with Gasteiger partial charge in [0.2, 0.25) is 0 Å². The first-order valence-electron chi connectivity index (χ1n) is 4.30. The van der Waals surface area contributed by atoms with Crippen molar-refractivity contribution in [2.75, 3.05) is 19.8 Å². The van der Waals surface area contributed by atoms with Gasteiger partial charge < -0.3 is 20.3 Å². The van der Waals surface area contributed by atoms with E-state index in [0.29, 0.717) is 6.61 Å². The lowest BCUT2D eigenvalue weighted by atomic mass is 10.3. The van der Waals surface area contributed by atoms with E-state index in [4.69, 9.17) is 14.9 Å². The summed E-state index contributed by atoms with van der Waals surface area (Å²) in [5, 5.41) is 20.2. The maximum absolute atomic E-state index is 11.0. The van der Waals surface area contributed by atoms with Gasteiger partial charge >= 0.3 is 5.97 Å². The monoisotopic (exact) mass is 191 g/mol. The second kappa shape index (κ2) is 6.82. The zero-order valence-corrected chi connectivity index (χ0v) is 7.99. The van der Waals surface area contributed by atoms with Crippen molar-refractivity contribution >= 4 is 5.97 Å². The lowest BCUT2D eigenvalue weighted by Gasteiger charge is -2.14. The summed E-state index contributed by atoms with van der Waals surface area (Å²) >= 11 is 0. The fourth-order valence-electron chi connectivity index (χ4n) is 0.728. The van der Waals surface area contributed by atoms with E-state index in [-0.39, 0.29) is 19.1 Å². The molecule has 0 bridgehead atoms. The summed E-state index contributed by atoms with van der Waals surface area (Å²) in [6, 6.07) is -0.457. The molecule has 0 spiro atoms. The number of hydrogen-bond donors (Lipinski definition) is 3. The fraction of sp³-hybridized carbons (Fsp3) is 0.875. The second-order valence-corrected chi connectivity index (χ2v) is 2.72. The normalized spacial score (nSPS) is 15.1. The van der Waals surface area contributed by atoms with Crippen LogP contribution in [0.2, 0.25) is 0 Å². The van der Waals surface area contributed by atoms with Crippen molar-refractivity contribution in [1.82, 2.24) is 5.32 Å². The van der Waals surface area contributed by atoms with E-state index in [1.54, 1.807) is 13.8 Å². The third kappa shape index (κ3) is 5.57. The highest BCUT2D eigenvalue weighted by Gasteiger charge is 2.14. The van der Waals surface area contributed by atoms with Crippen molar-refractivity contribution in [3.05, 3.63) is 0 Å². The molecule has 13 heavy (non-hydrogen) atoms. The van der Waals surface area contributed by atoms with Crippen LogP contribution in [0.15, 0.2) is 0 Å².